The van der Waals surface area contributed by atoms with Gasteiger partial charge >= 0.3 is 0 Å². The van der Waals surface area contributed by atoms with Crippen LogP contribution in [-0.4, -0.2) is 67.4 Å². The molecule has 2 heterocycles. The second-order valence-corrected chi connectivity index (χ2v) is 13.8. The Kier molecular flexibility index (Phi) is 7.60. The molecule has 8 nitrogen and oxygen atoms in total. The number of ketones is 1. The zero-order valence-corrected chi connectivity index (χ0v) is 27.7. The van der Waals surface area contributed by atoms with Gasteiger partial charge in [-0.1, -0.05) is 69.3 Å². The predicted molar refractivity (Wildman–Crippen MR) is 180 cm³/mol. The zero-order valence-electron chi connectivity index (χ0n) is 27.7. The van der Waals surface area contributed by atoms with Gasteiger partial charge in [-0.25, -0.2) is 4.90 Å². The fourth-order valence-electron chi connectivity index (χ4n) is 7.15. The van der Waals surface area contributed by atoms with E-state index in [0.717, 1.165) is 21.8 Å². The molecule has 0 saturated carbocycles. The van der Waals surface area contributed by atoms with Crippen LogP contribution in [0.25, 0.3) is 0 Å². The molecule has 0 N–H and O–H groups in total. The monoisotopic (exact) mass is 627 g/mol. The molecule has 47 heavy (non-hydrogen) atoms. The topological polar surface area (TPSA) is 95.1 Å². The summed E-state index contributed by atoms with van der Waals surface area (Å²) in [5, 5.41) is 0. The van der Waals surface area contributed by atoms with Crippen LogP contribution in [-0.2, 0) is 10.8 Å². The number of nitrogens with zero attached hydrogens (tertiary/aromatic N) is 3. The van der Waals surface area contributed by atoms with E-state index in [0.29, 0.717) is 5.69 Å². The molecule has 4 aromatic rings. The summed E-state index contributed by atoms with van der Waals surface area (Å²) in [6, 6.07) is 24.9. The van der Waals surface area contributed by atoms with E-state index < -0.39 is 29.4 Å². The lowest BCUT2D eigenvalue weighted by atomic mass is 9.75. The standard InChI is InChI=1S/C36H28N2O5.C3H9N/c1-35(2)19-36(3,29-8-6-5-7-28(29)35)22-11-13-23(14-12-22)38-33(42)25-16-10-21(18-27(25)34(38)43)30(39)20-9-15-24-26(17-20)32(41)37(4)31(24)40;1-4(2)3/h5-18H,19H2,1-4H3;1-3H3. The number of imide groups is 2. The van der Waals surface area contributed by atoms with Gasteiger partial charge in [0, 0.05) is 23.6 Å². The number of carbonyl (C=O) groups is 5. The van der Waals surface area contributed by atoms with Gasteiger partial charge in [0.15, 0.2) is 5.78 Å². The minimum atomic E-state index is -0.502. The van der Waals surface area contributed by atoms with Crippen LogP contribution in [0, 0.1) is 0 Å². The number of fused-ring (bicyclic) bond motifs is 3. The minimum Gasteiger partial charge on any atom is -0.312 e. The van der Waals surface area contributed by atoms with Crippen molar-refractivity contribution in [2.75, 3.05) is 33.1 Å². The van der Waals surface area contributed by atoms with Crippen LogP contribution in [0.2, 0.25) is 0 Å². The first-order chi connectivity index (χ1) is 22.2. The van der Waals surface area contributed by atoms with E-state index in [9.17, 15) is 24.0 Å². The summed E-state index contributed by atoms with van der Waals surface area (Å²) in [6.07, 6.45) is 0.938. The molecule has 7 rings (SSSR count). The predicted octanol–water partition coefficient (Wildman–Crippen LogP) is 6.11. The molecular weight excluding hydrogens is 590 g/mol. The summed E-state index contributed by atoms with van der Waals surface area (Å²) in [6.45, 7) is 6.75. The summed E-state index contributed by atoms with van der Waals surface area (Å²) >= 11 is 0. The van der Waals surface area contributed by atoms with Crippen LogP contribution < -0.4 is 4.90 Å². The molecule has 1 atom stereocenters. The van der Waals surface area contributed by atoms with E-state index >= 15 is 0 Å². The SMILES string of the molecule is CN(C)C.CN1C(=O)c2ccc(C(=O)c3ccc4c(c3)C(=O)N(c3ccc(C5(C)CC(C)(C)c6ccccc65)cc3)C4=O)cc2C1=O. The highest BCUT2D eigenvalue weighted by Gasteiger charge is 2.45. The Bertz CT molecular complexity index is 2010. The second kappa shape index (κ2) is 11.2. The van der Waals surface area contributed by atoms with Gasteiger partial charge in [0.25, 0.3) is 23.6 Å². The van der Waals surface area contributed by atoms with E-state index in [-0.39, 0.29) is 44.2 Å². The molecule has 2 aliphatic heterocycles. The Balaban J connectivity index is 0.000000915. The maximum Gasteiger partial charge on any atom is 0.266 e. The zero-order chi connectivity index (χ0) is 34.0. The van der Waals surface area contributed by atoms with E-state index in [1.54, 1.807) is 0 Å². The van der Waals surface area contributed by atoms with Gasteiger partial charge in [0.1, 0.15) is 0 Å². The van der Waals surface area contributed by atoms with Crippen LogP contribution in [0.5, 0.6) is 0 Å². The molecule has 0 bridgehead atoms. The third-order valence-electron chi connectivity index (χ3n) is 9.31. The lowest BCUT2D eigenvalue weighted by molar-refractivity contribution is 0.0692. The Morgan fingerprint density at radius 1 is 0.638 bits per heavy atom. The third kappa shape index (κ3) is 5.09. The molecule has 1 unspecified atom stereocenters. The molecule has 1 aliphatic carbocycles. The molecule has 4 amide bonds. The molecule has 0 radical (unpaired) electrons. The van der Waals surface area contributed by atoms with Gasteiger partial charge < -0.3 is 4.90 Å². The Morgan fingerprint density at radius 3 is 1.68 bits per heavy atom. The van der Waals surface area contributed by atoms with Crippen molar-refractivity contribution in [1.82, 2.24) is 9.80 Å². The van der Waals surface area contributed by atoms with Crippen molar-refractivity contribution in [1.29, 1.82) is 0 Å². The van der Waals surface area contributed by atoms with E-state index in [1.165, 1.54) is 54.6 Å². The van der Waals surface area contributed by atoms with Gasteiger partial charge in [-0.05, 0) is 86.1 Å². The number of hydrogen-bond acceptors (Lipinski definition) is 6. The molecule has 0 fully saturated rings. The normalized spacial score (nSPS) is 19.1. The summed E-state index contributed by atoms with van der Waals surface area (Å²) in [5.74, 6) is -2.26. The largest absolute Gasteiger partial charge is 0.312 e. The Morgan fingerprint density at radius 2 is 1.11 bits per heavy atom. The average molecular weight is 628 g/mol. The van der Waals surface area contributed by atoms with E-state index in [1.807, 2.05) is 50.3 Å². The first-order valence-electron chi connectivity index (χ1n) is 15.5. The maximum atomic E-state index is 13.5. The quantitative estimate of drug-likeness (QED) is 0.200. The highest BCUT2D eigenvalue weighted by Crippen LogP contribution is 2.52. The van der Waals surface area contributed by atoms with E-state index in [2.05, 4.69) is 45.0 Å². The lowest BCUT2D eigenvalue weighted by Gasteiger charge is -2.29. The number of benzene rings is 4. The molecule has 3 aliphatic rings. The molecule has 238 valence electrons. The molecule has 0 spiro atoms. The fraction of sp³-hybridized carbons (Fsp3) is 0.256. The summed E-state index contributed by atoms with van der Waals surface area (Å²) < 4.78 is 0. The fourth-order valence-corrected chi connectivity index (χ4v) is 7.15. The van der Waals surface area contributed by atoms with Crippen LogP contribution in [0.1, 0.15) is 101 Å². The summed E-state index contributed by atoms with van der Waals surface area (Å²) in [7, 11) is 7.39. The molecule has 0 saturated heterocycles. The maximum absolute atomic E-state index is 13.5. The van der Waals surface area contributed by atoms with Crippen LogP contribution >= 0.6 is 0 Å². The minimum absolute atomic E-state index is 0.0186. The molecule has 4 aromatic carbocycles. The van der Waals surface area contributed by atoms with Gasteiger partial charge in [-0.15, -0.1) is 0 Å². The second-order valence-electron chi connectivity index (χ2n) is 13.8. The van der Waals surface area contributed by atoms with Crippen LogP contribution in [0.4, 0.5) is 5.69 Å². The molecule has 8 heteroatoms. The lowest BCUT2D eigenvalue weighted by Crippen LogP contribution is -2.29. The van der Waals surface area contributed by atoms with Gasteiger partial charge in [0.2, 0.25) is 0 Å². The number of hydrogen-bond donors (Lipinski definition) is 0. The Labute approximate surface area is 274 Å². The Hall–Kier alpha value is -5.21. The highest BCUT2D eigenvalue weighted by molar-refractivity contribution is 6.35. The number of anilines is 1. The number of carbonyl (C=O) groups excluding carboxylic acids is 5. The summed E-state index contributed by atoms with van der Waals surface area (Å²) in [5.41, 5.74) is 5.20. The first-order valence-corrected chi connectivity index (χ1v) is 15.5. The van der Waals surface area contributed by atoms with Crippen LogP contribution in [0.15, 0.2) is 84.9 Å². The van der Waals surface area contributed by atoms with E-state index in [4.69, 9.17) is 0 Å². The third-order valence-corrected chi connectivity index (χ3v) is 9.31. The van der Waals surface area contributed by atoms with Crippen LogP contribution in [0.3, 0.4) is 0 Å². The van der Waals surface area contributed by atoms with Gasteiger partial charge in [-0.2, -0.15) is 0 Å². The van der Waals surface area contributed by atoms with Crippen molar-refractivity contribution in [3.05, 3.63) is 135 Å². The van der Waals surface area contributed by atoms with Crippen molar-refractivity contribution in [2.24, 2.45) is 0 Å². The first kappa shape index (κ1) is 31.8. The highest BCUT2D eigenvalue weighted by atomic mass is 16.2. The van der Waals surface area contributed by atoms with Crippen molar-refractivity contribution in [3.8, 4) is 0 Å². The number of amides is 4. The average Bonchev–Trinajstić information content (AvgIpc) is 3.52. The van der Waals surface area contributed by atoms with Crippen molar-refractivity contribution in [2.45, 2.75) is 38.0 Å². The van der Waals surface area contributed by atoms with Crippen molar-refractivity contribution in [3.63, 3.8) is 0 Å². The smallest absolute Gasteiger partial charge is 0.266 e. The van der Waals surface area contributed by atoms with Gasteiger partial charge in [0.05, 0.1) is 27.9 Å². The van der Waals surface area contributed by atoms with Gasteiger partial charge in [-0.3, -0.25) is 28.9 Å². The summed E-state index contributed by atoms with van der Waals surface area (Å²) in [4.78, 5) is 69.1. The van der Waals surface area contributed by atoms with Crippen molar-refractivity contribution >= 4 is 35.1 Å². The molecule has 0 aromatic heterocycles. The molecular formula is C39H37N3O5. The van der Waals surface area contributed by atoms with Crippen molar-refractivity contribution < 1.29 is 24.0 Å². The number of rotatable bonds is 4.